The smallest absolute Gasteiger partial charge is 0.0764 e. The molecule has 102 valence electrons. The van der Waals surface area contributed by atoms with E-state index in [1.54, 1.807) is 0 Å². The molecule has 0 fully saturated rings. The van der Waals surface area contributed by atoms with Gasteiger partial charge in [0.2, 0.25) is 0 Å². The summed E-state index contributed by atoms with van der Waals surface area (Å²) in [4.78, 5) is 6.29. The van der Waals surface area contributed by atoms with Crippen molar-refractivity contribution in [1.29, 1.82) is 0 Å². The first-order valence-electron chi connectivity index (χ1n) is 7.11. The van der Waals surface area contributed by atoms with Crippen molar-refractivity contribution in [3.63, 3.8) is 0 Å². The molecule has 1 N–H and O–H groups in total. The highest BCUT2D eigenvalue weighted by molar-refractivity contribution is 5.67. The van der Waals surface area contributed by atoms with Crippen LogP contribution in [0.15, 0.2) is 18.5 Å². The zero-order chi connectivity index (χ0) is 13.2. The predicted octanol–water partition coefficient (Wildman–Crippen LogP) is 3.92. The number of hydrogen-bond donors (Lipinski definition) is 1. The van der Waals surface area contributed by atoms with Gasteiger partial charge in [0.1, 0.15) is 0 Å². The lowest BCUT2D eigenvalue weighted by Crippen LogP contribution is -2.13. The molecule has 0 unspecified atom stereocenters. The molecule has 0 saturated heterocycles. The second-order valence-electron chi connectivity index (χ2n) is 4.98. The Morgan fingerprint density at radius 3 is 2.56 bits per heavy atom. The standard InChI is InChI=1S/C15H27N3/c1-4-5-6-7-8-9-11-17-14-13-16-12-10-15(14)18(2)3/h10,12-13,17H,4-9,11H2,1-3H3. The summed E-state index contributed by atoms with van der Waals surface area (Å²) in [5.74, 6) is 0. The number of anilines is 2. The van der Waals surface area contributed by atoms with Crippen molar-refractivity contribution in [2.45, 2.75) is 45.4 Å². The van der Waals surface area contributed by atoms with Gasteiger partial charge in [-0.25, -0.2) is 0 Å². The molecule has 0 aliphatic carbocycles. The highest BCUT2D eigenvalue weighted by atomic mass is 15.1. The van der Waals surface area contributed by atoms with E-state index in [2.05, 4.69) is 36.2 Å². The van der Waals surface area contributed by atoms with Gasteiger partial charge in [-0.3, -0.25) is 4.98 Å². The zero-order valence-electron chi connectivity index (χ0n) is 12.1. The first-order valence-corrected chi connectivity index (χ1v) is 7.11. The quantitative estimate of drug-likeness (QED) is 0.672. The molecular formula is C15H27N3. The van der Waals surface area contributed by atoms with Gasteiger partial charge in [-0.2, -0.15) is 0 Å². The number of rotatable bonds is 9. The molecule has 0 amide bonds. The van der Waals surface area contributed by atoms with Crippen molar-refractivity contribution >= 4 is 11.4 Å². The molecule has 1 heterocycles. The fourth-order valence-corrected chi connectivity index (χ4v) is 2.04. The summed E-state index contributed by atoms with van der Waals surface area (Å²) in [6, 6.07) is 2.05. The summed E-state index contributed by atoms with van der Waals surface area (Å²) in [6.07, 6.45) is 11.8. The Labute approximate surface area is 112 Å². The second kappa shape index (κ2) is 8.78. The number of pyridine rings is 1. The van der Waals surface area contributed by atoms with Gasteiger partial charge in [-0.05, 0) is 12.5 Å². The highest BCUT2D eigenvalue weighted by Gasteiger charge is 2.02. The van der Waals surface area contributed by atoms with Crippen molar-refractivity contribution in [1.82, 2.24) is 4.98 Å². The first-order chi connectivity index (χ1) is 8.75. The summed E-state index contributed by atoms with van der Waals surface area (Å²) in [6.45, 7) is 3.30. The lowest BCUT2D eigenvalue weighted by molar-refractivity contribution is 0.617. The van der Waals surface area contributed by atoms with Crippen molar-refractivity contribution in [3.05, 3.63) is 18.5 Å². The average Bonchev–Trinajstić information content (AvgIpc) is 2.38. The van der Waals surface area contributed by atoms with Gasteiger partial charge in [0, 0.05) is 26.8 Å². The van der Waals surface area contributed by atoms with Gasteiger partial charge >= 0.3 is 0 Å². The Morgan fingerprint density at radius 1 is 1.11 bits per heavy atom. The van der Waals surface area contributed by atoms with Crippen LogP contribution in [0.2, 0.25) is 0 Å². The molecule has 3 nitrogen and oxygen atoms in total. The molecule has 0 aliphatic rings. The molecule has 1 aromatic rings. The van der Waals surface area contributed by atoms with Crippen LogP contribution in [0, 0.1) is 0 Å². The molecule has 0 bridgehead atoms. The van der Waals surface area contributed by atoms with E-state index >= 15 is 0 Å². The maximum Gasteiger partial charge on any atom is 0.0764 e. The molecule has 3 heteroatoms. The Kier molecular flexibility index (Phi) is 7.23. The molecule has 0 radical (unpaired) electrons. The maximum absolute atomic E-state index is 4.18. The van der Waals surface area contributed by atoms with E-state index in [4.69, 9.17) is 0 Å². The molecule has 0 saturated carbocycles. The third-order valence-corrected chi connectivity index (χ3v) is 3.13. The number of aromatic nitrogens is 1. The normalized spacial score (nSPS) is 10.4. The van der Waals surface area contributed by atoms with Gasteiger partial charge in [-0.1, -0.05) is 39.0 Å². The summed E-state index contributed by atoms with van der Waals surface area (Å²) in [5.41, 5.74) is 2.34. The van der Waals surface area contributed by atoms with Gasteiger partial charge in [-0.15, -0.1) is 0 Å². The van der Waals surface area contributed by atoms with E-state index in [0.29, 0.717) is 0 Å². The van der Waals surface area contributed by atoms with Crippen molar-refractivity contribution in [3.8, 4) is 0 Å². The Hall–Kier alpha value is -1.25. The Balaban J connectivity index is 2.23. The van der Waals surface area contributed by atoms with Crippen LogP contribution in [0.5, 0.6) is 0 Å². The average molecular weight is 249 g/mol. The third kappa shape index (κ3) is 5.39. The van der Waals surface area contributed by atoms with E-state index in [1.807, 2.05) is 18.5 Å². The number of unbranched alkanes of at least 4 members (excludes halogenated alkanes) is 5. The van der Waals surface area contributed by atoms with Crippen LogP contribution in [0.4, 0.5) is 11.4 Å². The molecule has 18 heavy (non-hydrogen) atoms. The van der Waals surface area contributed by atoms with Crippen LogP contribution in [0.1, 0.15) is 45.4 Å². The molecule has 0 atom stereocenters. The summed E-state index contributed by atoms with van der Waals surface area (Å²) in [7, 11) is 4.12. The molecule has 0 aliphatic heterocycles. The minimum absolute atomic E-state index is 1.04. The van der Waals surface area contributed by atoms with E-state index in [9.17, 15) is 0 Å². The fraction of sp³-hybridized carbons (Fsp3) is 0.667. The van der Waals surface area contributed by atoms with Crippen LogP contribution in [-0.2, 0) is 0 Å². The van der Waals surface area contributed by atoms with Crippen LogP contribution in [0.25, 0.3) is 0 Å². The van der Waals surface area contributed by atoms with Crippen molar-refractivity contribution in [2.24, 2.45) is 0 Å². The van der Waals surface area contributed by atoms with Crippen LogP contribution < -0.4 is 10.2 Å². The van der Waals surface area contributed by atoms with Crippen molar-refractivity contribution in [2.75, 3.05) is 30.9 Å². The topological polar surface area (TPSA) is 28.2 Å². The van der Waals surface area contributed by atoms with Crippen LogP contribution in [0.3, 0.4) is 0 Å². The number of nitrogens with one attached hydrogen (secondary N) is 1. The van der Waals surface area contributed by atoms with Gasteiger partial charge in [0.25, 0.3) is 0 Å². The first kappa shape index (κ1) is 14.8. The SMILES string of the molecule is CCCCCCCCNc1cnccc1N(C)C. The number of hydrogen-bond acceptors (Lipinski definition) is 3. The zero-order valence-corrected chi connectivity index (χ0v) is 12.1. The van der Waals surface area contributed by atoms with Gasteiger partial charge < -0.3 is 10.2 Å². The summed E-state index contributed by atoms with van der Waals surface area (Å²) in [5, 5.41) is 3.48. The van der Waals surface area contributed by atoms with E-state index < -0.39 is 0 Å². The second-order valence-corrected chi connectivity index (χ2v) is 4.98. The molecule has 0 spiro atoms. The minimum Gasteiger partial charge on any atom is -0.382 e. The molecular weight excluding hydrogens is 222 g/mol. The summed E-state index contributed by atoms with van der Waals surface area (Å²) < 4.78 is 0. The van der Waals surface area contributed by atoms with E-state index in [0.717, 1.165) is 12.2 Å². The minimum atomic E-state index is 1.04. The van der Waals surface area contributed by atoms with Gasteiger partial charge in [0.15, 0.2) is 0 Å². The van der Waals surface area contributed by atoms with Crippen LogP contribution >= 0.6 is 0 Å². The third-order valence-electron chi connectivity index (χ3n) is 3.13. The Morgan fingerprint density at radius 2 is 1.83 bits per heavy atom. The molecule has 0 aromatic carbocycles. The lowest BCUT2D eigenvalue weighted by atomic mass is 10.1. The van der Waals surface area contributed by atoms with E-state index in [-0.39, 0.29) is 0 Å². The van der Waals surface area contributed by atoms with Crippen LogP contribution in [-0.4, -0.2) is 25.6 Å². The van der Waals surface area contributed by atoms with Crippen molar-refractivity contribution < 1.29 is 0 Å². The van der Waals surface area contributed by atoms with Gasteiger partial charge in [0.05, 0.1) is 17.6 Å². The monoisotopic (exact) mass is 249 g/mol. The predicted molar refractivity (Wildman–Crippen MR) is 80.4 cm³/mol. The Bertz CT molecular complexity index is 323. The number of nitrogens with zero attached hydrogens (tertiary/aromatic N) is 2. The molecule has 1 aromatic heterocycles. The lowest BCUT2D eigenvalue weighted by Gasteiger charge is -2.17. The fourth-order valence-electron chi connectivity index (χ4n) is 2.04. The largest absolute Gasteiger partial charge is 0.382 e. The molecule has 1 rings (SSSR count). The maximum atomic E-state index is 4.18. The highest BCUT2D eigenvalue weighted by Crippen LogP contribution is 2.22. The van der Waals surface area contributed by atoms with E-state index in [1.165, 1.54) is 44.2 Å². The summed E-state index contributed by atoms with van der Waals surface area (Å²) >= 11 is 0.